The van der Waals surface area contributed by atoms with Crippen LogP contribution in [0.4, 0.5) is 0 Å². The van der Waals surface area contributed by atoms with E-state index in [1.165, 1.54) is 0 Å². The van der Waals surface area contributed by atoms with Crippen molar-refractivity contribution in [2.45, 2.75) is 20.0 Å². The highest BCUT2D eigenvalue weighted by Crippen LogP contribution is 2.20. The fourth-order valence-corrected chi connectivity index (χ4v) is 1.73. The molecule has 1 heterocycles. The molecule has 1 aromatic heterocycles. The molecular weight excluding hydrogens is 262 g/mol. The van der Waals surface area contributed by atoms with Crippen molar-refractivity contribution in [2.24, 2.45) is 0 Å². The van der Waals surface area contributed by atoms with E-state index in [0.717, 1.165) is 11.3 Å². The highest BCUT2D eigenvalue weighted by Gasteiger charge is 2.11. The van der Waals surface area contributed by atoms with Gasteiger partial charge >= 0.3 is 5.97 Å². The van der Waals surface area contributed by atoms with E-state index in [0.29, 0.717) is 10.7 Å². The third-order valence-electron chi connectivity index (χ3n) is 2.44. The molecule has 0 aliphatic rings. The number of esters is 1. The van der Waals surface area contributed by atoms with Gasteiger partial charge in [-0.1, -0.05) is 29.8 Å². The summed E-state index contributed by atoms with van der Waals surface area (Å²) in [5.74, 6) is -0.411. The second kappa shape index (κ2) is 5.85. The van der Waals surface area contributed by atoms with Crippen LogP contribution in [0.25, 0.3) is 11.3 Å². The Morgan fingerprint density at radius 1 is 1.16 bits per heavy atom. The first-order valence-corrected chi connectivity index (χ1v) is 6.38. The van der Waals surface area contributed by atoms with Crippen LogP contribution in [0.15, 0.2) is 42.5 Å². The smallest absolute Gasteiger partial charge is 0.357 e. The summed E-state index contributed by atoms with van der Waals surface area (Å²) in [5, 5.41) is 0.666. The van der Waals surface area contributed by atoms with Crippen LogP contribution in [0, 0.1) is 0 Å². The van der Waals surface area contributed by atoms with Crippen LogP contribution in [-0.4, -0.2) is 17.1 Å². The van der Waals surface area contributed by atoms with E-state index in [2.05, 4.69) is 4.98 Å². The number of carbonyl (C=O) groups is 1. The minimum Gasteiger partial charge on any atom is -0.458 e. The second-order valence-corrected chi connectivity index (χ2v) is 4.81. The SMILES string of the molecule is CC(C)OC(=O)c1cccc(-c2ccc(Cl)cc2)n1. The molecule has 2 rings (SSSR count). The molecular formula is C15H14ClNO2. The molecule has 0 atom stereocenters. The molecule has 1 aromatic carbocycles. The Hall–Kier alpha value is -1.87. The van der Waals surface area contributed by atoms with Crippen LogP contribution in [0.1, 0.15) is 24.3 Å². The number of rotatable bonds is 3. The van der Waals surface area contributed by atoms with Crippen molar-refractivity contribution < 1.29 is 9.53 Å². The zero-order chi connectivity index (χ0) is 13.8. The van der Waals surface area contributed by atoms with Gasteiger partial charge in [-0.2, -0.15) is 0 Å². The van der Waals surface area contributed by atoms with Gasteiger partial charge in [-0.15, -0.1) is 0 Å². The Morgan fingerprint density at radius 3 is 2.47 bits per heavy atom. The average molecular weight is 276 g/mol. The molecule has 0 unspecified atom stereocenters. The van der Waals surface area contributed by atoms with Crippen molar-refractivity contribution in [1.29, 1.82) is 0 Å². The fraction of sp³-hybridized carbons (Fsp3) is 0.200. The molecule has 0 saturated heterocycles. The normalized spacial score (nSPS) is 10.5. The van der Waals surface area contributed by atoms with Gasteiger partial charge in [0.1, 0.15) is 5.69 Å². The molecule has 0 bridgehead atoms. The molecule has 3 nitrogen and oxygen atoms in total. The van der Waals surface area contributed by atoms with Gasteiger partial charge in [0.25, 0.3) is 0 Å². The molecule has 0 fully saturated rings. The lowest BCUT2D eigenvalue weighted by Gasteiger charge is -2.08. The summed E-state index contributed by atoms with van der Waals surface area (Å²) in [7, 11) is 0. The Morgan fingerprint density at radius 2 is 1.84 bits per heavy atom. The number of hydrogen-bond donors (Lipinski definition) is 0. The number of aromatic nitrogens is 1. The molecule has 0 radical (unpaired) electrons. The topological polar surface area (TPSA) is 39.2 Å². The summed E-state index contributed by atoms with van der Waals surface area (Å²) in [6, 6.07) is 12.6. The summed E-state index contributed by atoms with van der Waals surface area (Å²) in [4.78, 5) is 16.1. The Balaban J connectivity index is 2.29. The van der Waals surface area contributed by atoms with Crippen molar-refractivity contribution in [3.05, 3.63) is 53.2 Å². The average Bonchev–Trinajstić information content (AvgIpc) is 2.39. The van der Waals surface area contributed by atoms with E-state index in [9.17, 15) is 4.79 Å². The fourth-order valence-electron chi connectivity index (χ4n) is 1.60. The summed E-state index contributed by atoms with van der Waals surface area (Å²) < 4.78 is 5.12. The summed E-state index contributed by atoms with van der Waals surface area (Å²) >= 11 is 5.84. The Bertz CT molecular complexity index is 579. The molecule has 2 aromatic rings. The predicted molar refractivity (Wildman–Crippen MR) is 75.2 cm³/mol. The number of hydrogen-bond acceptors (Lipinski definition) is 3. The molecule has 0 spiro atoms. The highest BCUT2D eigenvalue weighted by molar-refractivity contribution is 6.30. The van der Waals surface area contributed by atoms with Gasteiger partial charge < -0.3 is 4.74 Å². The van der Waals surface area contributed by atoms with Gasteiger partial charge in [0.05, 0.1) is 11.8 Å². The molecule has 0 aliphatic carbocycles. The van der Waals surface area contributed by atoms with E-state index < -0.39 is 5.97 Å². The highest BCUT2D eigenvalue weighted by atomic mass is 35.5. The molecule has 0 saturated carbocycles. The van der Waals surface area contributed by atoms with E-state index in [1.54, 1.807) is 38.1 Å². The molecule has 0 amide bonds. The zero-order valence-corrected chi connectivity index (χ0v) is 11.5. The van der Waals surface area contributed by atoms with Crippen molar-refractivity contribution in [2.75, 3.05) is 0 Å². The van der Waals surface area contributed by atoms with Gasteiger partial charge in [0.2, 0.25) is 0 Å². The maximum absolute atomic E-state index is 11.8. The summed E-state index contributed by atoms with van der Waals surface area (Å²) in [6.45, 7) is 3.61. The quantitative estimate of drug-likeness (QED) is 0.796. The zero-order valence-electron chi connectivity index (χ0n) is 10.8. The Labute approximate surface area is 117 Å². The minimum absolute atomic E-state index is 0.159. The van der Waals surface area contributed by atoms with E-state index in [1.807, 2.05) is 18.2 Å². The van der Waals surface area contributed by atoms with Crippen molar-refractivity contribution in [1.82, 2.24) is 4.98 Å². The molecule has 4 heteroatoms. The lowest BCUT2D eigenvalue weighted by atomic mass is 10.1. The first-order valence-electron chi connectivity index (χ1n) is 6.00. The number of halogens is 1. The van der Waals surface area contributed by atoms with Crippen LogP contribution in [-0.2, 0) is 4.74 Å². The van der Waals surface area contributed by atoms with E-state index in [4.69, 9.17) is 16.3 Å². The third-order valence-corrected chi connectivity index (χ3v) is 2.69. The van der Waals surface area contributed by atoms with Gasteiger partial charge in [-0.05, 0) is 38.1 Å². The number of pyridine rings is 1. The van der Waals surface area contributed by atoms with Gasteiger partial charge in [-0.3, -0.25) is 0 Å². The van der Waals surface area contributed by atoms with Crippen LogP contribution >= 0.6 is 11.6 Å². The number of ether oxygens (including phenoxy) is 1. The van der Waals surface area contributed by atoms with E-state index >= 15 is 0 Å². The Kier molecular flexibility index (Phi) is 4.17. The second-order valence-electron chi connectivity index (χ2n) is 4.37. The largest absolute Gasteiger partial charge is 0.458 e. The van der Waals surface area contributed by atoms with Crippen LogP contribution in [0.5, 0.6) is 0 Å². The number of carbonyl (C=O) groups excluding carboxylic acids is 1. The van der Waals surface area contributed by atoms with Crippen LogP contribution < -0.4 is 0 Å². The predicted octanol–water partition coefficient (Wildman–Crippen LogP) is 3.97. The monoisotopic (exact) mass is 275 g/mol. The first kappa shape index (κ1) is 13.6. The first-order chi connectivity index (χ1) is 9.06. The van der Waals surface area contributed by atoms with Crippen molar-refractivity contribution in [3.8, 4) is 11.3 Å². The van der Waals surface area contributed by atoms with E-state index in [-0.39, 0.29) is 6.10 Å². The summed E-state index contributed by atoms with van der Waals surface area (Å²) in [6.07, 6.45) is -0.159. The maximum Gasteiger partial charge on any atom is 0.357 e. The van der Waals surface area contributed by atoms with Gasteiger partial charge in [0, 0.05) is 10.6 Å². The van der Waals surface area contributed by atoms with Gasteiger partial charge in [0.15, 0.2) is 0 Å². The number of nitrogens with zero attached hydrogens (tertiary/aromatic N) is 1. The van der Waals surface area contributed by atoms with Crippen LogP contribution in [0.3, 0.4) is 0 Å². The van der Waals surface area contributed by atoms with Crippen molar-refractivity contribution >= 4 is 17.6 Å². The van der Waals surface area contributed by atoms with Gasteiger partial charge in [-0.25, -0.2) is 9.78 Å². The van der Waals surface area contributed by atoms with Crippen LogP contribution in [0.2, 0.25) is 5.02 Å². The van der Waals surface area contributed by atoms with Crippen molar-refractivity contribution in [3.63, 3.8) is 0 Å². The molecule has 0 N–H and O–H groups in total. The summed E-state index contributed by atoms with van der Waals surface area (Å²) in [5.41, 5.74) is 1.93. The standard InChI is InChI=1S/C15H14ClNO2/c1-10(2)19-15(18)14-5-3-4-13(17-14)11-6-8-12(16)9-7-11/h3-10H,1-2H3. The molecule has 98 valence electrons. The minimum atomic E-state index is -0.411. The molecule has 19 heavy (non-hydrogen) atoms. The maximum atomic E-state index is 11.8. The lowest BCUT2D eigenvalue weighted by molar-refractivity contribution is 0.0371. The third kappa shape index (κ3) is 3.55. The molecule has 0 aliphatic heterocycles. The lowest BCUT2D eigenvalue weighted by Crippen LogP contribution is -2.13. The number of benzene rings is 1.